The van der Waals surface area contributed by atoms with E-state index in [-0.39, 0.29) is 5.88 Å². The third-order valence-corrected chi connectivity index (χ3v) is 2.53. The monoisotopic (exact) mass is 259 g/mol. The Labute approximate surface area is 102 Å². The number of carbonyl (C=O) groups excluding carboxylic acids is 1. The number of nitrogens with zero attached hydrogens (tertiary/aromatic N) is 1. The number of carbonyl (C=O) groups is 2. The number of rotatable bonds is 6. The van der Waals surface area contributed by atoms with E-state index in [2.05, 4.69) is 20.3 Å². The van der Waals surface area contributed by atoms with Gasteiger partial charge in [0.15, 0.2) is 0 Å². The summed E-state index contributed by atoms with van der Waals surface area (Å²) in [6.45, 7) is 0. The van der Waals surface area contributed by atoms with Gasteiger partial charge >= 0.3 is 12.0 Å². The molecule has 0 aliphatic carbocycles. The van der Waals surface area contributed by atoms with Crippen molar-refractivity contribution in [2.24, 2.45) is 0 Å². The van der Waals surface area contributed by atoms with Crippen molar-refractivity contribution in [1.29, 1.82) is 0 Å². The van der Waals surface area contributed by atoms with Crippen molar-refractivity contribution >= 4 is 29.6 Å². The van der Waals surface area contributed by atoms with Crippen LogP contribution in [0.3, 0.4) is 0 Å². The number of hydrogen-bond acceptors (Lipinski definition) is 5. The van der Waals surface area contributed by atoms with Gasteiger partial charge in [-0.15, -0.1) is 0 Å². The van der Waals surface area contributed by atoms with Crippen molar-refractivity contribution in [3.8, 4) is 0 Å². The maximum Gasteiger partial charge on any atom is 0.326 e. The number of anilines is 1. The van der Waals surface area contributed by atoms with Crippen LogP contribution in [0.5, 0.6) is 0 Å². The van der Waals surface area contributed by atoms with Gasteiger partial charge in [0, 0.05) is 6.07 Å². The van der Waals surface area contributed by atoms with E-state index in [4.69, 9.17) is 5.11 Å². The van der Waals surface area contributed by atoms with Gasteiger partial charge in [0.2, 0.25) is 5.88 Å². The highest BCUT2D eigenvalue weighted by molar-refractivity contribution is 7.98. The molecule has 0 radical (unpaired) electrons. The van der Waals surface area contributed by atoms with Gasteiger partial charge in [-0.1, -0.05) is 5.16 Å². The molecule has 3 N–H and O–H groups in total. The molecule has 0 saturated carbocycles. The van der Waals surface area contributed by atoms with E-state index in [1.54, 1.807) is 0 Å². The van der Waals surface area contributed by atoms with Gasteiger partial charge in [-0.3, -0.25) is 5.32 Å². The molecule has 8 heteroatoms. The molecule has 94 valence electrons. The minimum Gasteiger partial charge on any atom is -0.480 e. The number of carboxylic acids is 1. The van der Waals surface area contributed by atoms with Crippen LogP contribution in [0.2, 0.25) is 0 Å². The Morgan fingerprint density at radius 1 is 1.65 bits per heavy atom. The van der Waals surface area contributed by atoms with Crippen LogP contribution in [0.1, 0.15) is 6.42 Å². The van der Waals surface area contributed by atoms with Crippen LogP contribution in [-0.2, 0) is 4.79 Å². The highest BCUT2D eigenvalue weighted by Gasteiger charge is 2.19. The van der Waals surface area contributed by atoms with Gasteiger partial charge in [-0.2, -0.15) is 11.8 Å². The lowest BCUT2D eigenvalue weighted by Crippen LogP contribution is -2.43. The van der Waals surface area contributed by atoms with Crippen LogP contribution >= 0.6 is 11.8 Å². The normalized spacial score (nSPS) is 11.8. The minimum absolute atomic E-state index is 0.163. The fourth-order valence-electron chi connectivity index (χ4n) is 1.08. The Kier molecular flexibility index (Phi) is 5.34. The molecule has 1 unspecified atom stereocenters. The summed E-state index contributed by atoms with van der Waals surface area (Å²) < 4.78 is 4.65. The van der Waals surface area contributed by atoms with Gasteiger partial charge in [0.1, 0.15) is 6.04 Å². The second-order valence-electron chi connectivity index (χ2n) is 3.15. The highest BCUT2D eigenvalue weighted by atomic mass is 32.2. The van der Waals surface area contributed by atoms with Crippen molar-refractivity contribution in [2.75, 3.05) is 17.3 Å². The predicted molar refractivity (Wildman–Crippen MR) is 63.1 cm³/mol. The lowest BCUT2D eigenvalue weighted by molar-refractivity contribution is -0.139. The Balaban J connectivity index is 2.43. The lowest BCUT2D eigenvalue weighted by Gasteiger charge is -2.13. The molecule has 7 nitrogen and oxygen atoms in total. The second kappa shape index (κ2) is 6.79. The molecule has 0 spiro atoms. The summed E-state index contributed by atoms with van der Waals surface area (Å²) in [6, 6.07) is -0.0855. The molecule has 0 bridgehead atoms. The van der Waals surface area contributed by atoms with E-state index in [1.165, 1.54) is 24.0 Å². The van der Waals surface area contributed by atoms with E-state index < -0.39 is 18.0 Å². The first kappa shape index (κ1) is 13.4. The molecule has 0 fully saturated rings. The van der Waals surface area contributed by atoms with Crippen LogP contribution in [-0.4, -0.2) is 40.3 Å². The van der Waals surface area contributed by atoms with E-state index in [0.717, 1.165) is 0 Å². The average molecular weight is 259 g/mol. The number of nitrogens with one attached hydrogen (secondary N) is 2. The molecule has 0 aliphatic heterocycles. The Morgan fingerprint density at radius 2 is 2.41 bits per heavy atom. The second-order valence-corrected chi connectivity index (χ2v) is 4.13. The minimum atomic E-state index is -1.06. The molecule has 0 saturated heterocycles. The quantitative estimate of drug-likeness (QED) is 0.704. The fourth-order valence-corrected chi connectivity index (χ4v) is 1.55. The Hall–Kier alpha value is -1.70. The summed E-state index contributed by atoms with van der Waals surface area (Å²) >= 11 is 1.52. The summed E-state index contributed by atoms with van der Waals surface area (Å²) in [5.74, 6) is -0.247. The summed E-state index contributed by atoms with van der Waals surface area (Å²) in [7, 11) is 0. The number of thioether (sulfide) groups is 1. The van der Waals surface area contributed by atoms with Crippen LogP contribution in [0.4, 0.5) is 10.7 Å². The molecule has 2 amide bonds. The van der Waals surface area contributed by atoms with E-state index in [1.807, 2.05) is 6.26 Å². The summed E-state index contributed by atoms with van der Waals surface area (Å²) in [5.41, 5.74) is 0. The smallest absolute Gasteiger partial charge is 0.326 e. The molecular formula is C9H13N3O4S. The molecule has 1 rings (SSSR count). The zero-order valence-electron chi connectivity index (χ0n) is 9.17. The van der Waals surface area contributed by atoms with Gasteiger partial charge in [-0.25, -0.2) is 9.59 Å². The molecular weight excluding hydrogens is 246 g/mol. The number of aliphatic carboxylic acids is 1. The third-order valence-electron chi connectivity index (χ3n) is 1.89. The predicted octanol–water partition coefficient (Wildman–Crippen LogP) is 1.00. The van der Waals surface area contributed by atoms with Crippen molar-refractivity contribution in [3.05, 3.63) is 12.3 Å². The number of hydrogen-bond donors (Lipinski definition) is 3. The van der Waals surface area contributed by atoms with E-state index >= 15 is 0 Å². The van der Waals surface area contributed by atoms with Gasteiger partial charge in [0.25, 0.3) is 0 Å². The lowest BCUT2D eigenvalue weighted by atomic mass is 10.2. The molecule has 17 heavy (non-hydrogen) atoms. The number of carboxylic acid groups (broad SMARTS) is 1. The standard InChI is InChI=1S/C9H13N3O4S/c1-17-5-3-6(8(13)14)11-9(15)12-7-2-4-10-16-7/h2,4,6H,3,5H2,1H3,(H,13,14)(H2,11,12,15). The SMILES string of the molecule is CSCCC(NC(=O)Nc1ccno1)C(=O)O. The molecule has 0 aromatic carbocycles. The van der Waals surface area contributed by atoms with Crippen molar-refractivity contribution in [1.82, 2.24) is 10.5 Å². The maximum absolute atomic E-state index is 11.4. The van der Waals surface area contributed by atoms with Crippen molar-refractivity contribution in [3.63, 3.8) is 0 Å². The zero-order valence-corrected chi connectivity index (χ0v) is 9.99. The molecule has 1 aromatic heterocycles. The highest BCUT2D eigenvalue weighted by Crippen LogP contribution is 2.04. The number of aromatic nitrogens is 1. The van der Waals surface area contributed by atoms with Crippen LogP contribution in [0, 0.1) is 0 Å². The maximum atomic E-state index is 11.4. The Bertz CT molecular complexity index is 368. The largest absolute Gasteiger partial charge is 0.480 e. The summed E-state index contributed by atoms with van der Waals surface area (Å²) in [6.07, 6.45) is 3.60. The molecule has 0 aliphatic rings. The fraction of sp³-hybridized carbons (Fsp3) is 0.444. The van der Waals surface area contributed by atoms with Crippen LogP contribution < -0.4 is 10.6 Å². The molecule has 1 atom stereocenters. The van der Waals surface area contributed by atoms with Gasteiger partial charge < -0.3 is 14.9 Å². The summed E-state index contributed by atoms with van der Waals surface area (Å²) in [4.78, 5) is 22.3. The van der Waals surface area contributed by atoms with Gasteiger partial charge in [0.05, 0.1) is 6.20 Å². The molecule has 1 aromatic rings. The first-order chi connectivity index (χ1) is 8.13. The van der Waals surface area contributed by atoms with Crippen molar-refractivity contribution < 1.29 is 19.2 Å². The number of amides is 2. The zero-order chi connectivity index (χ0) is 12.7. The van der Waals surface area contributed by atoms with Crippen molar-refractivity contribution in [2.45, 2.75) is 12.5 Å². The average Bonchev–Trinajstić information content (AvgIpc) is 2.76. The third kappa shape index (κ3) is 4.77. The van der Waals surface area contributed by atoms with Crippen LogP contribution in [0.15, 0.2) is 16.8 Å². The van der Waals surface area contributed by atoms with Gasteiger partial charge in [-0.05, 0) is 18.4 Å². The number of urea groups is 1. The molecule has 1 heterocycles. The van der Waals surface area contributed by atoms with E-state index in [9.17, 15) is 9.59 Å². The Morgan fingerprint density at radius 3 is 2.94 bits per heavy atom. The first-order valence-electron chi connectivity index (χ1n) is 4.83. The van der Waals surface area contributed by atoms with E-state index in [0.29, 0.717) is 12.2 Å². The summed E-state index contributed by atoms with van der Waals surface area (Å²) in [5, 5.41) is 17.0. The first-order valence-corrected chi connectivity index (χ1v) is 6.23. The van der Waals surface area contributed by atoms with Crippen LogP contribution in [0.25, 0.3) is 0 Å². The topological polar surface area (TPSA) is 104 Å².